The van der Waals surface area contributed by atoms with E-state index in [0.717, 1.165) is 25.1 Å². The summed E-state index contributed by atoms with van der Waals surface area (Å²) in [4.78, 5) is 12.4. The molecule has 0 radical (unpaired) electrons. The predicted octanol–water partition coefficient (Wildman–Crippen LogP) is 4.51. The second-order valence-corrected chi connectivity index (χ2v) is 7.05. The molecule has 0 atom stereocenters. The fourth-order valence-electron chi connectivity index (χ4n) is 2.11. The van der Waals surface area contributed by atoms with Crippen molar-refractivity contribution in [3.05, 3.63) is 54.3 Å². The number of benzene rings is 1. The first-order chi connectivity index (χ1) is 7.99. The summed E-state index contributed by atoms with van der Waals surface area (Å²) in [6.45, 7) is 6.07. The van der Waals surface area contributed by atoms with E-state index in [9.17, 15) is 4.79 Å². The SMILES string of the molecule is Cc1cc(C)c(C(=O)c2csc(I)c2)c(C)c1. The molecule has 1 heterocycles. The van der Waals surface area contributed by atoms with Crippen LogP contribution in [0, 0.1) is 23.7 Å². The van der Waals surface area contributed by atoms with Crippen molar-refractivity contribution >= 4 is 39.7 Å². The highest BCUT2D eigenvalue weighted by Gasteiger charge is 2.15. The van der Waals surface area contributed by atoms with Gasteiger partial charge in [-0.15, -0.1) is 11.3 Å². The van der Waals surface area contributed by atoms with Crippen LogP contribution < -0.4 is 0 Å². The minimum atomic E-state index is 0.138. The van der Waals surface area contributed by atoms with Gasteiger partial charge in [-0.3, -0.25) is 4.79 Å². The van der Waals surface area contributed by atoms with E-state index in [2.05, 4.69) is 41.6 Å². The summed E-state index contributed by atoms with van der Waals surface area (Å²) in [6, 6.07) is 6.08. The Morgan fingerprint density at radius 2 is 1.71 bits per heavy atom. The van der Waals surface area contributed by atoms with Crippen LogP contribution in [0.3, 0.4) is 0 Å². The maximum Gasteiger partial charge on any atom is 0.194 e. The van der Waals surface area contributed by atoms with Crippen LogP contribution in [0.2, 0.25) is 0 Å². The molecule has 0 N–H and O–H groups in total. The summed E-state index contributed by atoms with van der Waals surface area (Å²) in [6.07, 6.45) is 0. The largest absolute Gasteiger partial charge is 0.289 e. The van der Waals surface area contributed by atoms with Crippen LogP contribution in [-0.2, 0) is 0 Å². The number of carbonyl (C=O) groups is 1. The Bertz CT molecular complexity index is 561. The maximum absolute atomic E-state index is 12.4. The number of thiophene rings is 1. The van der Waals surface area contributed by atoms with Crippen molar-refractivity contribution in [3.63, 3.8) is 0 Å². The van der Waals surface area contributed by atoms with Gasteiger partial charge in [-0.05, 0) is 60.6 Å². The number of ketones is 1. The summed E-state index contributed by atoms with van der Waals surface area (Å²) in [5, 5.41) is 1.93. The zero-order chi connectivity index (χ0) is 12.6. The van der Waals surface area contributed by atoms with Crippen LogP contribution in [0.5, 0.6) is 0 Å². The van der Waals surface area contributed by atoms with Gasteiger partial charge in [-0.25, -0.2) is 0 Å². The molecule has 1 aromatic heterocycles. The van der Waals surface area contributed by atoms with E-state index in [1.165, 1.54) is 5.56 Å². The van der Waals surface area contributed by atoms with Crippen molar-refractivity contribution in [1.82, 2.24) is 0 Å². The minimum Gasteiger partial charge on any atom is -0.289 e. The molecule has 0 aliphatic heterocycles. The van der Waals surface area contributed by atoms with Gasteiger partial charge < -0.3 is 0 Å². The van der Waals surface area contributed by atoms with Crippen molar-refractivity contribution in [2.24, 2.45) is 0 Å². The Labute approximate surface area is 119 Å². The lowest BCUT2D eigenvalue weighted by atomic mass is 9.94. The van der Waals surface area contributed by atoms with Crippen molar-refractivity contribution in [1.29, 1.82) is 0 Å². The first-order valence-corrected chi connectivity index (χ1v) is 7.31. The van der Waals surface area contributed by atoms with Crippen molar-refractivity contribution in [2.45, 2.75) is 20.8 Å². The van der Waals surface area contributed by atoms with E-state index in [1.54, 1.807) is 11.3 Å². The van der Waals surface area contributed by atoms with E-state index in [-0.39, 0.29) is 5.78 Å². The monoisotopic (exact) mass is 356 g/mol. The Hall–Kier alpha value is -0.680. The van der Waals surface area contributed by atoms with Crippen LogP contribution >= 0.6 is 33.9 Å². The molecule has 2 aromatic rings. The third kappa shape index (κ3) is 2.60. The molecule has 0 spiro atoms. The lowest BCUT2D eigenvalue weighted by Gasteiger charge is -2.09. The van der Waals surface area contributed by atoms with Gasteiger partial charge in [0.05, 0.1) is 2.88 Å². The third-order valence-corrected chi connectivity index (χ3v) is 4.52. The van der Waals surface area contributed by atoms with E-state index < -0.39 is 0 Å². The van der Waals surface area contributed by atoms with Crippen LogP contribution in [0.25, 0.3) is 0 Å². The minimum absolute atomic E-state index is 0.138. The normalized spacial score (nSPS) is 10.6. The average molecular weight is 356 g/mol. The van der Waals surface area contributed by atoms with E-state index in [0.29, 0.717) is 0 Å². The topological polar surface area (TPSA) is 17.1 Å². The molecule has 0 unspecified atom stereocenters. The number of halogens is 1. The van der Waals surface area contributed by atoms with E-state index in [1.807, 2.05) is 25.3 Å². The molecule has 3 heteroatoms. The van der Waals surface area contributed by atoms with Crippen LogP contribution in [0.4, 0.5) is 0 Å². The standard InChI is InChI=1S/C14H13IOS/c1-8-4-9(2)13(10(3)5-8)14(16)11-6-12(15)17-7-11/h4-7H,1-3H3. The van der Waals surface area contributed by atoms with Gasteiger partial charge >= 0.3 is 0 Å². The molecule has 2 rings (SSSR count). The number of hydrogen-bond donors (Lipinski definition) is 0. The highest BCUT2D eigenvalue weighted by Crippen LogP contribution is 2.23. The van der Waals surface area contributed by atoms with Gasteiger partial charge in [0.1, 0.15) is 0 Å². The summed E-state index contributed by atoms with van der Waals surface area (Å²) in [5.74, 6) is 0.138. The zero-order valence-electron chi connectivity index (χ0n) is 10.0. The molecule has 0 bridgehead atoms. The fourth-order valence-corrected chi connectivity index (χ4v) is 3.44. The predicted molar refractivity (Wildman–Crippen MR) is 81.1 cm³/mol. The first kappa shape index (κ1) is 12.8. The lowest BCUT2D eigenvalue weighted by molar-refractivity contribution is 0.103. The zero-order valence-corrected chi connectivity index (χ0v) is 13.0. The summed E-state index contributed by atoms with van der Waals surface area (Å²) >= 11 is 3.85. The van der Waals surface area contributed by atoms with Gasteiger partial charge in [0.2, 0.25) is 0 Å². The van der Waals surface area contributed by atoms with E-state index in [4.69, 9.17) is 0 Å². The molecule has 1 aromatic carbocycles. The number of rotatable bonds is 2. The van der Waals surface area contributed by atoms with E-state index >= 15 is 0 Å². The second-order valence-electron chi connectivity index (χ2n) is 4.24. The molecule has 1 nitrogen and oxygen atoms in total. The maximum atomic E-state index is 12.4. The van der Waals surface area contributed by atoms with Gasteiger partial charge in [-0.1, -0.05) is 17.7 Å². The highest BCUT2D eigenvalue weighted by atomic mass is 127. The fraction of sp³-hybridized carbons (Fsp3) is 0.214. The summed E-state index contributed by atoms with van der Waals surface area (Å²) in [7, 11) is 0. The Morgan fingerprint density at radius 3 is 2.18 bits per heavy atom. The third-order valence-electron chi connectivity index (χ3n) is 2.73. The number of carbonyl (C=O) groups excluding carboxylic acids is 1. The molecule has 0 saturated heterocycles. The van der Waals surface area contributed by atoms with Crippen molar-refractivity contribution < 1.29 is 4.79 Å². The van der Waals surface area contributed by atoms with Crippen LogP contribution in [0.1, 0.15) is 32.6 Å². The van der Waals surface area contributed by atoms with Gasteiger partial charge in [-0.2, -0.15) is 0 Å². The molecular formula is C14H13IOS. The van der Waals surface area contributed by atoms with Gasteiger partial charge in [0.25, 0.3) is 0 Å². The Kier molecular flexibility index (Phi) is 3.68. The highest BCUT2D eigenvalue weighted by molar-refractivity contribution is 14.1. The van der Waals surface area contributed by atoms with Gasteiger partial charge in [0, 0.05) is 16.5 Å². The average Bonchev–Trinajstić information content (AvgIpc) is 2.63. The molecule has 0 aliphatic rings. The molecule has 0 saturated carbocycles. The van der Waals surface area contributed by atoms with Crippen LogP contribution in [0.15, 0.2) is 23.6 Å². The number of hydrogen-bond acceptors (Lipinski definition) is 2. The number of aryl methyl sites for hydroxylation is 3. The quantitative estimate of drug-likeness (QED) is 0.572. The molecule has 17 heavy (non-hydrogen) atoms. The van der Waals surface area contributed by atoms with Gasteiger partial charge in [0.15, 0.2) is 5.78 Å². The molecule has 88 valence electrons. The molecular weight excluding hydrogens is 343 g/mol. The summed E-state index contributed by atoms with van der Waals surface area (Å²) in [5.41, 5.74) is 4.98. The molecule has 0 fully saturated rings. The van der Waals surface area contributed by atoms with Crippen molar-refractivity contribution in [3.8, 4) is 0 Å². The Morgan fingerprint density at radius 1 is 1.12 bits per heavy atom. The van der Waals surface area contributed by atoms with Crippen LogP contribution in [-0.4, -0.2) is 5.78 Å². The second kappa shape index (κ2) is 4.90. The molecule has 0 aliphatic carbocycles. The first-order valence-electron chi connectivity index (χ1n) is 5.35. The van der Waals surface area contributed by atoms with Crippen molar-refractivity contribution in [2.75, 3.05) is 0 Å². The summed E-state index contributed by atoms with van der Waals surface area (Å²) < 4.78 is 1.15. The smallest absolute Gasteiger partial charge is 0.194 e. The Balaban J connectivity index is 2.51. The lowest BCUT2D eigenvalue weighted by Crippen LogP contribution is -2.05. The molecule has 0 amide bonds.